The Hall–Kier alpha value is -1.87. The Kier molecular flexibility index (Phi) is 3.86. The largest absolute Gasteiger partial charge is 0.301 e. The Balaban J connectivity index is 2.13. The van der Waals surface area contributed by atoms with E-state index in [2.05, 4.69) is 15.9 Å². The molecule has 2 atom stereocenters. The minimum Gasteiger partial charge on any atom is -0.301 e. The monoisotopic (exact) mass is 276 g/mol. The Morgan fingerprint density at radius 3 is 2.89 bits per heavy atom. The van der Waals surface area contributed by atoms with E-state index in [0.29, 0.717) is 12.0 Å². The number of nitrogens with one attached hydrogen (secondary N) is 1. The zero-order valence-corrected chi connectivity index (χ0v) is 12.0. The molecule has 0 radical (unpaired) electrons. The fourth-order valence-electron chi connectivity index (χ4n) is 1.98. The van der Waals surface area contributed by atoms with Gasteiger partial charge in [-0.2, -0.15) is 10.4 Å². The van der Waals surface area contributed by atoms with Gasteiger partial charge in [-0.25, -0.2) is 4.21 Å². The van der Waals surface area contributed by atoms with Gasteiger partial charge in [0.15, 0.2) is 0 Å². The highest BCUT2D eigenvalue weighted by Gasteiger charge is 2.20. The molecule has 0 bridgehead atoms. The number of hydrogen-bond donors (Lipinski definition) is 1. The van der Waals surface area contributed by atoms with Gasteiger partial charge >= 0.3 is 0 Å². The van der Waals surface area contributed by atoms with E-state index in [9.17, 15) is 4.21 Å². The van der Waals surface area contributed by atoms with E-state index in [0.717, 1.165) is 17.1 Å². The summed E-state index contributed by atoms with van der Waals surface area (Å²) < 4.78 is 17.1. The first-order chi connectivity index (χ1) is 9.02. The fraction of sp³-hybridized carbons (Fsp3) is 0.385. The van der Waals surface area contributed by atoms with Crippen LogP contribution >= 0.6 is 0 Å². The number of nitriles is 1. The maximum atomic E-state index is 12.3. The molecule has 5 nitrogen and oxygen atoms in total. The highest BCUT2D eigenvalue weighted by molar-refractivity contribution is 7.87. The Morgan fingerprint density at radius 2 is 2.32 bits per heavy atom. The molecule has 0 spiro atoms. The first kappa shape index (κ1) is 13.6. The molecule has 1 N–H and O–H groups in total. The van der Waals surface area contributed by atoms with E-state index >= 15 is 0 Å². The van der Waals surface area contributed by atoms with Gasteiger partial charge in [0.1, 0.15) is 11.0 Å². The third-order valence-electron chi connectivity index (χ3n) is 3.17. The van der Waals surface area contributed by atoms with Crippen molar-refractivity contribution in [2.45, 2.75) is 25.5 Å². The first-order valence-electron chi connectivity index (χ1n) is 5.98. The normalized spacial score (nSPS) is 19.7. The lowest BCUT2D eigenvalue weighted by atomic mass is 10.1. The first-order valence-corrected chi connectivity index (χ1v) is 7.19. The SMILES string of the molecule is Cc1nn(C)c(C)c1NS(=O)C1C=CC=C(C#N)C1. The zero-order chi connectivity index (χ0) is 14.0. The summed E-state index contributed by atoms with van der Waals surface area (Å²) in [6.45, 7) is 3.81. The number of rotatable bonds is 3. The van der Waals surface area contributed by atoms with E-state index in [4.69, 9.17) is 5.26 Å². The van der Waals surface area contributed by atoms with Crippen LogP contribution in [0.3, 0.4) is 0 Å². The fourth-order valence-corrected chi connectivity index (χ4v) is 3.19. The molecule has 0 aliphatic heterocycles. The third-order valence-corrected chi connectivity index (χ3v) is 4.45. The van der Waals surface area contributed by atoms with E-state index in [-0.39, 0.29) is 5.25 Å². The molecule has 100 valence electrons. The Labute approximate surface area is 115 Å². The summed E-state index contributed by atoms with van der Waals surface area (Å²) in [7, 11) is 0.586. The van der Waals surface area contributed by atoms with Crippen LogP contribution in [0.15, 0.2) is 23.8 Å². The highest BCUT2D eigenvalue weighted by Crippen LogP contribution is 2.22. The standard InChI is InChI=1S/C13H16N4OS/c1-9-13(10(2)17(3)15-9)16-19(18)12-6-4-5-11(7-12)8-14/h4-6,12,16H,7H2,1-3H3. The number of nitrogens with zero attached hydrogens (tertiary/aromatic N) is 3. The topological polar surface area (TPSA) is 70.7 Å². The van der Waals surface area contributed by atoms with Crippen LogP contribution in [0.1, 0.15) is 17.8 Å². The summed E-state index contributed by atoms with van der Waals surface area (Å²) in [5.41, 5.74) is 3.23. The molecule has 1 aliphatic rings. The summed E-state index contributed by atoms with van der Waals surface area (Å²) >= 11 is 0. The van der Waals surface area contributed by atoms with Crippen LogP contribution in [-0.2, 0) is 18.0 Å². The second kappa shape index (κ2) is 5.41. The van der Waals surface area contributed by atoms with Crippen molar-refractivity contribution < 1.29 is 4.21 Å². The molecule has 0 amide bonds. The van der Waals surface area contributed by atoms with Gasteiger partial charge in [0.25, 0.3) is 0 Å². The van der Waals surface area contributed by atoms with Crippen molar-refractivity contribution >= 4 is 16.7 Å². The second-order valence-electron chi connectivity index (χ2n) is 4.50. The van der Waals surface area contributed by atoms with E-state index < -0.39 is 11.0 Å². The molecule has 19 heavy (non-hydrogen) atoms. The van der Waals surface area contributed by atoms with E-state index in [1.807, 2.05) is 27.0 Å². The quantitative estimate of drug-likeness (QED) is 0.916. The molecule has 0 aromatic carbocycles. The lowest BCUT2D eigenvalue weighted by Crippen LogP contribution is -2.21. The smallest absolute Gasteiger partial charge is 0.124 e. The average Bonchev–Trinajstić information content (AvgIpc) is 2.65. The number of anilines is 1. The van der Waals surface area contributed by atoms with Crippen LogP contribution in [-0.4, -0.2) is 19.2 Å². The van der Waals surface area contributed by atoms with E-state index in [1.54, 1.807) is 16.8 Å². The van der Waals surface area contributed by atoms with Crippen molar-refractivity contribution in [1.29, 1.82) is 5.26 Å². The van der Waals surface area contributed by atoms with Gasteiger partial charge in [0.2, 0.25) is 0 Å². The van der Waals surface area contributed by atoms with Crippen molar-refractivity contribution in [2.24, 2.45) is 7.05 Å². The van der Waals surface area contributed by atoms with Crippen LogP contribution < -0.4 is 4.72 Å². The molecule has 1 heterocycles. The van der Waals surface area contributed by atoms with Gasteiger partial charge < -0.3 is 4.72 Å². The molecule has 1 aliphatic carbocycles. The van der Waals surface area contributed by atoms with Crippen molar-refractivity contribution in [3.05, 3.63) is 35.2 Å². The van der Waals surface area contributed by atoms with Gasteiger partial charge in [-0.15, -0.1) is 0 Å². The second-order valence-corrected chi connectivity index (χ2v) is 5.90. The number of aromatic nitrogens is 2. The molecule has 2 unspecified atom stereocenters. The highest BCUT2D eigenvalue weighted by atomic mass is 32.2. The third kappa shape index (κ3) is 2.76. The predicted octanol–water partition coefficient (Wildman–Crippen LogP) is 1.89. The molecule has 0 saturated heterocycles. The maximum absolute atomic E-state index is 12.3. The van der Waals surface area contributed by atoms with E-state index in [1.165, 1.54) is 0 Å². The van der Waals surface area contributed by atoms with Gasteiger partial charge in [0, 0.05) is 19.0 Å². The molecule has 1 aromatic rings. The summed E-state index contributed by atoms with van der Waals surface area (Å²) in [5.74, 6) is 0. The number of hydrogen-bond acceptors (Lipinski definition) is 3. The van der Waals surface area contributed by atoms with Gasteiger partial charge in [-0.1, -0.05) is 12.2 Å². The van der Waals surface area contributed by atoms with Gasteiger partial charge in [-0.05, 0) is 19.9 Å². The molecule has 6 heteroatoms. The lowest BCUT2D eigenvalue weighted by Gasteiger charge is -2.16. The van der Waals surface area contributed by atoms with Gasteiger partial charge in [0.05, 0.1) is 28.4 Å². The Bertz CT molecular complexity index is 621. The molecule has 1 aromatic heterocycles. The molecule has 0 fully saturated rings. The summed E-state index contributed by atoms with van der Waals surface area (Å²) in [6, 6.07) is 2.11. The van der Waals surface area contributed by atoms with Crippen LogP contribution in [0, 0.1) is 25.2 Å². The predicted molar refractivity (Wildman–Crippen MR) is 75.7 cm³/mol. The van der Waals surface area contributed by atoms with Crippen molar-refractivity contribution in [1.82, 2.24) is 9.78 Å². The summed E-state index contributed by atoms with van der Waals surface area (Å²) in [6.07, 6.45) is 5.92. The summed E-state index contributed by atoms with van der Waals surface area (Å²) in [5, 5.41) is 13.0. The summed E-state index contributed by atoms with van der Waals surface area (Å²) in [4.78, 5) is 0. The maximum Gasteiger partial charge on any atom is 0.124 e. The minimum absolute atomic E-state index is 0.182. The van der Waals surface area contributed by atoms with Crippen LogP contribution in [0.4, 0.5) is 5.69 Å². The average molecular weight is 276 g/mol. The van der Waals surface area contributed by atoms with Crippen molar-refractivity contribution in [2.75, 3.05) is 4.72 Å². The van der Waals surface area contributed by atoms with Crippen LogP contribution in [0.2, 0.25) is 0 Å². The lowest BCUT2D eigenvalue weighted by molar-refractivity contribution is 0.680. The van der Waals surface area contributed by atoms with Crippen molar-refractivity contribution in [3.8, 4) is 6.07 Å². The molecule has 2 rings (SSSR count). The molecule has 0 saturated carbocycles. The number of allylic oxidation sites excluding steroid dienone is 3. The van der Waals surface area contributed by atoms with Crippen molar-refractivity contribution in [3.63, 3.8) is 0 Å². The van der Waals surface area contributed by atoms with Crippen LogP contribution in [0.25, 0.3) is 0 Å². The molecular weight excluding hydrogens is 260 g/mol. The Morgan fingerprint density at radius 1 is 1.58 bits per heavy atom. The molecular formula is C13H16N4OS. The van der Waals surface area contributed by atoms with Crippen LogP contribution in [0.5, 0.6) is 0 Å². The number of aryl methyl sites for hydroxylation is 2. The minimum atomic E-state index is -1.27. The zero-order valence-electron chi connectivity index (χ0n) is 11.2. The van der Waals surface area contributed by atoms with Gasteiger partial charge in [-0.3, -0.25) is 4.68 Å².